The van der Waals surface area contributed by atoms with E-state index in [2.05, 4.69) is 5.10 Å². The van der Waals surface area contributed by atoms with E-state index in [1.54, 1.807) is 31.0 Å². The Morgan fingerprint density at radius 1 is 1.32 bits per heavy atom. The number of aromatic nitrogens is 2. The van der Waals surface area contributed by atoms with E-state index in [4.69, 9.17) is 4.74 Å². The van der Waals surface area contributed by atoms with Crippen LogP contribution in [0, 0.1) is 5.92 Å². The fraction of sp³-hybridized carbons (Fsp3) is 0.550. The van der Waals surface area contributed by atoms with Gasteiger partial charge in [0.25, 0.3) is 5.91 Å². The number of methoxy groups -OCH3 is 1. The molecule has 150 valence electrons. The van der Waals surface area contributed by atoms with Gasteiger partial charge in [-0.2, -0.15) is 5.10 Å². The number of halogens is 1. The van der Waals surface area contributed by atoms with Gasteiger partial charge in [0.1, 0.15) is 0 Å². The Morgan fingerprint density at radius 3 is 2.71 bits per heavy atom. The highest BCUT2D eigenvalue weighted by Gasteiger charge is 2.36. The van der Waals surface area contributed by atoms with E-state index < -0.39 is 6.67 Å². The molecule has 1 unspecified atom stereocenters. The largest absolute Gasteiger partial charge is 0.481 e. The minimum Gasteiger partial charge on any atom is -0.481 e. The second-order valence-corrected chi connectivity index (χ2v) is 7.66. The summed E-state index contributed by atoms with van der Waals surface area (Å²) in [6, 6.07) is 5.57. The van der Waals surface area contributed by atoms with E-state index in [0.29, 0.717) is 37.5 Å². The number of likely N-dealkylation sites (tertiary alicyclic amines) is 2. The molecule has 0 saturated carbocycles. The molecule has 1 aromatic heterocycles. The van der Waals surface area contributed by atoms with E-state index >= 15 is 0 Å². The molecule has 8 heteroatoms. The highest BCUT2D eigenvalue weighted by Crippen LogP contribution is 2.28. The summed E-state index contributed by atoms with van der Waals surface area (Å²) in [6.07, 6.45) is 1.77. The average molecular weight is 388 g/mol. The summed E-state index contributed by atoms with van der Waals surface area (Å²) in [4.78, 5) is 28.7. The lowest BCUT2D eigenvalue weighted by Gasteiger charge is -2.37. The standard InChI is InChI=1S/C20H25FN4O3/c1-23-20(28-2)16-4-3-14(10-17(16)22-23)19(27)24-7-5-15(6-8-24)25-12-13(11-21)9-18(25)26/h3-4,10,13,15H,5-9,11-12H2,1-2H3. The van der Waals surface area contributed by atoms with Crippen LogP contribution in [0.3, 0.4) is 0 Å². The van der Waals surface area contributed by atoms with E-state index in [9.17, 15) is 14.0 Å². The predicted molar refractivity (Wildman–Crippen MR) is 102 cm³/mol. The number of piperidine rings is 1. The molecule has 0 bridgehead atoms. The number of nitrogens with zero attached hydrogens (tertiary/aromatic N) is 4. The summed E-state index contributed by atoms with van der Waals surface area (Å²) in [5.41, 5.74) is 1.32. The summed E-state index contributed by atoms with van der Waals surface area (Å²) in [5.74, 6) is 0.507. The molecule has 2 saturated heterocycles. The van der Waals surface area contributed by atoms with Gasteiger partial charge in [-0.05, 0) is 31.0 Å². The first-order valence-electron chi connectivity index (χ1n) is 9.67. The number of carbonyl (C=O) groups is 2. The maximum absolute atomic E-state index is 12.9. The summed E-state index contributed by atoms with van der Waals surface area (Å²) in [5, 5.41) is 5.28. The number of fused-ring (bicyclic) bond motifs is 1. The summed E-state index contributed by atoms with van der Waals surface area (Å²) in [6.45, 7) is 1.25. The molecule has 2 aliphatic rings. The molecule has 0 spiro atoms. The van der Waals surface area contributed by atoms with Crippen LogP contribution in [0.5, 0.6) is 5.88 Å². The van der Waals surface area contributed by atoms with Crippen LogP contribution in [0.4, 0.5) is 4.39 Å². The SMILES string of the molecule is COc1c2ccc(C(=O)N3CCC(N4CC(CF)CC4=O)CC3)cc2nn1C. The highest BCUT2D eigenvalue weighted by molar-refractivity contribution is 5.98. The van der Waals surface area contributed by atoms with Gasteiger partial charge in [-0.25, -0.2) is 4.68 Å². The molecule has 2 aliphatic heterocycles. The number of alkyl halides is 1. The molecule has 1 atom stereocenters. The monoisotopic (exact) mass is 388 g/mol. The lowest BCUT2D eigenvalue weighted by Crippen LogP contribution is -2.47. The van der Waals surface area contributed by atoms with Crippen LogP contribution in [0.2, 0.25) is 0 Å². The summed E-state index contributed by atoms with van der Waals surface area (Å²) >= 11 is 0. The van der Waals surface area contributed by atoms with Crippen molar-refractivity contribution in [2.45, 2.75) is 25.3 Å². The molecule has 3 heterocycles. The van der Waals surface area contributed by atoms with Crippen LogP contribution in [0.15, 0.2) is 18.2 Å². The topological polar surface area (TPSA) is 67.7 Å². The fourth-order valence-corrected chi connectivity index (χ4v) is 4.38. The summed E-state index contributed by atoms with van der Waals surface area (Å²) in [7, 11) is 3.40. The van der Waals surface area contributed by atoms with Gasteiger partial charge in [0.05, 0.1) is 24.7 Å². The van der Waals surface area contributed by atoms with Gasteiger partial charge in [-0.15, -0.1) is 0 Å². The molecule has 0 aliphatic carbocycles. The Balaban J connectivity index is 1.43. The number of carbonyl (C=O) groups excluding carboxylic acids is 2. The molecule has 2 fully saturated rings. The summed E-state index contributed by atoms with van der Waals surface area (Å²) < 4.78 is 19.9. The van der Waals surface area contributed by atoms with Crippen LogP contribution < -0.4 is 4.74 Å². The third-order valence-corrected chi connectivity index (χ3v) is 5.87. The quantitative estimate of drug-likeness (QED) is 0.804. The third kappa shape index (κ3) is 3.21. The first kappa shape index (κ1) is 18.7. The Hall–Kier alpha value is -2.64. The molecule has 2 aromatic rings. The van der Waals surface area contributed by atoms with Gasteiger partial charge in [0.2, 0.25) is 11.8 Å². The number of hydrogen-bond donors (Lipinski definition) is 0. The van der Waals surface area contributed by atoms with E-state index in [-0.39, 0.29) is 23.8 Å². The molecule has 0 radical (unpaired) electrons. The maximum atomic E-state index is 12.9. The van der Waals surface area contributed by atoms with Crippen molar-refractivity contribution in [2.24, 2.45) is 13.0 Å². The predicted octanol–water partition coefficient (Wildman–Crippen LogP) is 2.00. The van der Waals surface area contributed by atoms with Gasteiger partial charge in [0.15, 0.2) is 0 Å². The lowest BCUT2D eigenvalue weighted by atomic mass is 10.0. The number of benzene rings is 1. The molecular weight excluding hydrogens is 363 g/mol. The first-order valence-corrected chi connectivity index (χ1v) is 9.67. The van der Waals surface area contributed by atoms with Crippen molar-refractivity contribution in [3.05, 3.63) is 23.8 Å². The first-order chi connectivity index (χ1) is 13.5. The number of rotatable bonds is 4. The van der Waals surface area contributed by atoms with Gasteiger partial charge < -0.3 is 14.5 Å². The van der Waals surface area contributed by atoms with Gasteiger partial charge >= 0.3 is 0 Å². The Bertz CT molecular complexity index is 904. The molecule has 28 heavy (non-hydrogen) atoms. The number of hydrogen-bond acceptors (Lipinski definition) is 4. The third-order valence-electron chi connectivity index (χ3n) is 5.87. The van der Waals surface area contributed by atoms with Crippen molar-refractivity contribution in [3.8, 4) is 5.88 Å². The maximum Gasteiger partial charge on any atom is 0.253 e. The molecule has 0 N–H and O–H groups in total. The molecular formula is C20H25FN4O3. The van der Waals surface area contributed by atoms with Gasteiger partial charge in [-0.3, -0.25) is 14.0 Å². The number of amides is 2. The fourth-order valence-electron chi connectivity index (χ4n) is 4.38. The second-order valence-electron chi connectivity index (χ2n) is 7.66. The van der Waals surface area contributed by atoms with Crippen LogP contribution >= 0.6 is 0 Å². The van der Waals surface area contributed by atoms with Crippen molar-refractivity contribution in [1.82, 2.24) is 19.6 Å². The zero-order valence-electron chi connectivity index (χ0n) is 16.2. The van der Waals surface area contributed by atoms with Crippen molar-refractivity contribution in [3.63, 3.8) is 0 Å². The minimum absolute atomic E-state index is 0.0284. The molecule has 1 aromatic carbocycles. The molecule has 4 rings (SSSR count). The van der Waals surface area contributed by atoms with Crippen LogP contribution in [0.25, 0.3) is 10.9 Å². The normalized spacial score (nSPS) is 21.0. The average Bonchev–Trinajstić information content (AvgIpc) is 3.25. The second kappa shape index (κ2) is 7.41. The Kier molecular flexibility index (Phi) is 4.95. The van der Waals surface area contributed by atoms with Crippen LogP contribution in [-0.4, -0.2) is 70.9 Å². The van der Waals surface area contributed by atoms with E-state index in [1.165, 1.54) is 0 Å². The van der Waals surface area contributed by atoms with Crippen molar-refractivity contribution in [2.75, 3.05) is 33.4 Å². The van der Waals surface area contributed by atoms with Crippen molar-refractivity contribution in [1.29, 1.82) is 0 Å². The van der Waals surface area contributed by atoms with Gasteiger partial charge in [0, 0.05) is 50.6 Å². The van der Waals surface area contributed by atoms with Gasteiger partial charge in [-0.1, -0.05) is 0 Å². The highest BCUT2D eigenvalue weighted by atomic mass is 19.1. The smallest absolute Gasteiger partial charge is 0.253 e. The van der Waals surface area contributed by atoms with Crippen molar-refractivity contribution >= 4 is 22.7 Å². The van der Waals surface area contributed by atoms with Crippen LogP contribution in [0.1, 0.15) is 29.6 Å². The number of ether oxygens (including phenoxy) is 1. The van der Waals surface area contributed by atoms with E-state index in [1.807, 2.05) is 15.9 Å². The van der Waals surface area contributed by atoms with E-state index in [0.717, 1.165) is 23.7 Å². The van der Waals surface area contributed by atoms with Crippen molar-refractivity contribution < 1.29 is 18.7 Å². The lowest BCUT2D eigenvalue weighted by molar-refractivity contribution is -0.130. The van der Waals surface area contributed by atoms with Crippen LogP contribution in [-0.2, 0) is 11.8 Å². The molecule has 2 amide bonds. The Labute approximate surface area is 163 Å². The zero-order chi connectivity index (χ0) is 19.8. The minimum atomic E-state index is -0.444. The zero-order valence-corrected chi connectivity index (χ0v) is 16.2. The Morgan fingerprint density at radius 2 is 2.07 bits per heavy atom. The number of aryl methyl sites for hydroxylation is 1. The molecule has 7 nitrogen and oxygen atoms in total.